The molecular weight excluding hydrogens is 394 g/mol. The molecule has 0 atom stereocenters. The summed E-state index contributed by atoms with van der Waals surface area (Å²) < 4.78 is 5.31. The van der Waals surface area contributed by atoms with Crippen LogP contribution in [0.5, 0.6) is 0 Å². The standard InChI is InChI=1S/C21H15N3O4.ClH/c25-20-14-10-17(24-15(14)4-6-23-20)12-3-5-22-16(8-12)11-1-2-18-13(7-11)9-19(28-18)21(26)27;/h1-3,5,7-10,24H,4,6H2,(H,23,25)(H,26,27);1H. The number of fused-ring (bicyclic) bond motifs is 2. The summed E-state index contributed by atoms with van der Waals surface area (Å²) in [6.07, 6.45) is 2.49. The second-order valence-electron chi connectivity index (χ2n) is 6.68. The van der Waals surface area contributed by atoms with Crippen molar-refractivity contribution in [3.8, 4) is 22.5 Å². The molecule has 0 fully saturated rings. The summed E-state index contributed by atoms with van der Waals surface area (Å²) in [6.45, 7) is 0.635. The summed E-state index contributed by atoms with van der Waals surface area (Å²) in [5.74, 6) is -1.25. The van der Waals surface area contributed by atoms with E-state index in [0.717, 1.165) is 34.6 Å². The Bertz CT molecular complexity index is 1260. The van der Waals surface area contributed by atoms with Crippen LogP contribution in [-0.4, -0.2) is 33.5 Å². The summed E-state index contributed by atoms with van der Waals surface area (Å²) in [4.78, 5) is 30.9. The summed E-state index contributed by atoms with van der Waals surface area (Å²) in [7, 11) is 0. The molecule has 7 nitrogen and oxygen atoms in total. The zero-order chi connectivity index (χ0) is 19.3. The van der Waals surface area contributed by atoms with Crippen LogP contribution in [0.25, 0.3) is 33.5 Å². The van der Waals surface area contributed by atoms with Crippen LogP contribution in [0.4, 0.5) is 0 Å². The van der Waals surface area contributed by atoms with Gasteiger partial charge in [-0.05, 0) is 42.5 Å². The van der Waals surface area contributed by atoms with Crippen LogP contribution < -0.4 is 5.32 Å². The third-order valence-electron chi connectivity index (χ3n) is 4.90. The van der Waals surface area contributed by atoms with E-state index in [4.69, 9.17) is 9.52 Å². The van der Waals surface area contributed by atoms with Crippen molar-refractivity contribution in [3.63, 3.8) is 0 Å². The van der Waals surface area contributed by atoms with E-state index in [0.29, 0.717) is 23.1 Å². The van der Waals surface area contributed by atoms with Gasteiger partial charge in [0.1, 0.15) is 5.58 Å². The first-order chi connectivity index (χ1) is 13.6. The number of carbonyl (C=O) groups is 2. The Morgan fingerprint density at radius 1 is 1.10 bits per heavy atom. The Labute approximate surface area is 171 Å². The smallest absolute Gasteiger partial charge is 0.371 e. The van der Waals surface area contributed by atoms with E-state index in [9.17, 15) is 9.59 Å². The van der Waals surface area contributed by atoms with E-state index >= 15 is 0 Å². The number of amides is 1. The van der Waals surface area contributed by atoms with Crippen molar-refractivity contribution in [2.75, 3.05) is 6.54 Å². The van der Waals surface area contributed by atoms with Gasteiger partial charge >= 0.3 is 5.97 Å². The van der Waals surface area contributed by atoms with E-state index in [1.807, 2.05) is 30.3 Å². The number of rotatable bonds is 3. The molecule has 0 spiro atoms. The molecule has 0 saturated carbocycles. The highest BCUT2D eigenvalue weighted by atomic mass is 35.5. The van der Waals surface area contributed by atoms with Crippen molar-refractivity contribution in [1.29, 1.82) is 0 Å². The van der Waals surface area contributed by atoms with Crippen molar-refractivity contribution < 1.29 is 19.1 Å². The molecule has 146 valence electrons. The van der Waals surface area contributed by atoms with Gasteiger partial charge in [0.2, 0.25) is 5.76 Å². The minimum absolute atomic E-state index is 0. The minimum Gasteiger partial charge on any atom is -0.475 e. The summed E-state index contributed by atoms with van der Waals surface area (Å²) in [5.41, 5.74) is 5.52. The van der Waals surface area contributed by atoms with Gasteiger partial charge in [0, 0.05) is 47.1 Å². The third-order valence-corrected chi connectivity index (χ3v) is 4.90. The minimum atomic E-state index is -1.10. The lowest BCUT2D eigenvalue weighted by Crippen LogP contribution is -2.31. The number of H-pyrrole nitrogens is 1. The number of hydrogen-bond acceptors (Lipinski definition) is 4. The first kappa shape index (κ1) is 18.8. The Morgan fingerprint density at radius 3 is 2.76 bits per heavy atom. The van der Waals surface area contributed by atoms with Crippen LogP contribution >= 0.6 is 12.4 Å². The number of nitrogens with zero attached hydrogens (tertiary/aromatic N) is 1. The average Bonchev–Trinajstić information content (AvgIpc) is 3.33. The van der Waals surface area contributed by atoms with Gasteiger partial charge in [-0.15, -0.1) is 12.4 Å². The van der Waals surface area contributed by atoms with Crippen molar-refractivity contribution in [3.05, 3.63) is 65.7 Å². The maximum absolute atomic E-state index is 12.0. The SMILES string of the molecule is Cl.O=C(O)c1cc2cc(-c3cc(-c4cc5c([nH]4)CCNC5=O)ccn3)ccc2o1. The summed E-state index contributed by atoms with van der Waals surface area (Å²) in [6, 6.07) is 12.6. The summed E-state index contributed by atoms with van der Waals surface area (Å²) >= 11 is 0. The van der Waals surface area contributed by atoms with Crippen LogP contribution in [0, 0.1) is 0 Å². The Balaban J connectivity index is 0.00000205. The number of pyridine rings is 1. The zero-order valence-corrected chi connectivity index (χ0v) is 15.9. The number of aromatic nitrogens is 2. The number of aromatic amines is 1. The fraction of sp³-hybridized carbons (Fsp3) is 0.0952. The van der Waals surface area contributed by atoms with Crippen LogP contribution in [0.2, 0.25) is 0 Å². The van der Waals surface area contributed by atoms with Gasteiger partial charge < -0.3 is 19.8 Å². The lowest BCUT2D eigenvalue weighted by Gasteiger charge is -2.10. The second-order valence-corrected chi connectivity index (χ2v) is 6.68. The monoisotopic (exact) mass is 409 g/mol. The van der Waals surface area contributed by atoms with Crippen molar-refractivity contribution in [1.82, 2.24) is 15.3 Å². The van der Waals surface area contributed by atoms with E-state index in [1.54, 1.807) is 12.3 Å². The molecule has 0 aliphatic carbocycles. The molecule has 3 aromatic heterocycles. The molecule has 0 radical (unpaired) electrons. The normalized spacial score (nSPS) is 12.9. The molecule has 1 aromatic carbocycles. The Hall–Kier alpha value is -3.58. The molecule has 0 bridgehead atoms. The van der Waals surface area contributed by atoms with Crippen LogP contribution in [0.1, 0.15) is 26.6 Å². The van der Waals surface area contributed by atoms with Crippen molar-refractivity contribution >= 4 is 35.3 Å². The third kappa shape index (κ3) is 3.25. The lowest BCUT2D eigenvalue weighted by atomic mass is 10.1. The average molecular weight is 410 g/mol. The molecule has 1 amide bonds. The molecule has 4 aromatic rings. The molecule has 4 heterocycles. The highest BCUT2D eigenvalue weighted by Gasteiger charge is 2.20. The van der Waals surface area contributed by atoms with Gasteiger partial charge in [-0.25, -0.2) is 4.79 Å². The van der Waals surface area contributed by atoms with Gasteiger partial charge in [0.15, 0.2) is 0 Å². The highest BCUT2D eigenvalue weighted by Crippen LogP contribution is 2.29. The molecular formula is C21H16ClN3O4. The van der Waals surface area contributed by atoms with E-state index in [1.165, 1.54) is 6.07 Å². The largest absolute Gasteiger partial charge is 0.475 e. The van der Waals surface area contributed by atoms with Crippen molar-refractivity contribution in [2.45, 2.75) is 6.42 Å². The molecule has 8 heteroatoms. The van der Waals surface area contributed by atoms with Crippen LogP contribution in [-0.2, 0) is 6.42 Å². The van der Waals surface area contributed by atoms with Gasteiger partial charge in [-0.2, -0.15) is 0 Å². The number of furan rings is 1. The predicted octanol–water partition coefficient (Wildman–Crippen LogP) is 3.90. The lowest BCUT2D eigenvalue weighted by molar-refractivity contribution is 0.0664. The quantitative estimate of drug-likeness (QED) is 0.475. The summed E-state index contributed by atoms with van der Waals surface area (Å²) in [5, 5.41) is 12.6. The number of nitrogens with one attached hydrogen (secondary N) is 2. The molecule has 1 aliphatic heterocycles. The molecule has 29 heavy (non-hydrogen) atoms. The number of carbonyl (C=O) groups excluding carboxylic acids is 1. The first-order valence-corrected chi connectivity index (χ1v) is 8.82. The van der Waals surface area contributed by atoms with Crippen LogP contribution in [0.3, 0.4) is 0 Å². The zero-order valence-electron chi connectivity index (χ0n) is 15.1. The molecule has 3 N–H and O–H groups in total. The first-order valence-electron chi connectivity index (χ1n) is 8.82. The fourth-order valence-electron chi connectivity index (χ4n) is 3.51. The van der Waals surface area contributed by atoms with Crippen molar-refractivity contribution in [2.24, 2.45) is 0 Å². The second kappa shape index (κ2) is 7.10. The van der Waals surface area contributed by atoms with E-state index < -0.39 is 5.97 Å². The number of carboxylic acids is 1. The number of hydrogen-bond donors (Lipinski definition) is 3. The number of carboxylic acid groups (broad SMARTS) is 1. The van der Waals surface area contributed by atoms with E-state index in [-0.39, 0.29) is 24.1 Å². The molecule has 0 unspecified atom stereocenters. The Morgan fingerprint density at radius 2 is 1.97 bits per heavy atom. The van der Waals surface area contributed by atoms with Gasteiger partial charge in [0.25, 0.3) is 5.91 Å². The van der Waals surface area contributed by atoms with Gasteiger partial charge in [0.05, 0.1) is 11.3 Å². The number of halogens is 1. The Kier molecular flexibility index (Phi) is 4.60. The van der Waals surface area contributed by atoms with Gasteiger partial charge in [-0.1, -0.05) is 0 Å². The number of aromatic carboxylic acids is 1. The molecule has 5 rings (SSSR count). The predicted molar refractivity (Wildman–Crippen MR) is 109 cm³/mol. The van der Waals surface area contributed by atoms with Crippen LogP contribution in [0.15, 0.2) is 53.1 Å². The number of benzene rings is 1. The topological polar surface area (TPSA) is 108 Å². The molecule has 0 saturated heterocycles. The fourth-order valence-corrected chi connectivity index (χ4v) is 3.51. The van der Waals surface area contributed by atoms with Gasteiger partial charge in [-0.3, -0.25) is 9.78 Å². The maximum atomic E-state index is 12.0. The maximum Gasteiger partial charge on any atom is 0.371 e. The van der Waals surface area contributed by atoms with E-state index in [2.05, 4.69) is 15.3 Å². The molecule has 1 aliphatic rings. The highest BCUT2D eigenvalue weighted by molar-refractivity contribution is 5.98.